The second-order valence-electron chi connectivity index (χ2n) is 4.21. The normalized spacial score (nSPS) is 10.8. The van der Waals surface area contributed by atoms with Crippen LogP contribution in [-0.4, -0.2) is 0 Å². The van der Waals surface area contributed by atoms with Crippen LogP contribution >= 0.6 is 0 Å². The van der Waals surface area contributed by atoms with Crippen molar-refractivity contribution in [2.24, 2.45) is 0 Å². The van der Waals surface area contributed by atoms with E-state index >= 15 is 0 Å². The molecule has 0 saturated carbocycles. The van der Waals surface area contributed by atoms with Gasteiger partial charge in [-0.2, -0.15) is 0 Å². The zero-order valence-corrected chi connectivity index (χ0v) is 9.99. The molecule has 1 heterocycles. The molecule has 96 valence electrons. The quantitative estimate of drug-likeness (QED) is 0.757. The van der Waals surface area contributed by atoms with Gasteiger partial charge >= 0.3 is 0 Å². The third-order valence-electron chi connectivity index (χ3n) is 2.98. The first-order valence-electron chi connectivity index (χ1n) is 5.88. The molecular formula is C15H11F2NO. The maximum Gasteiger partial charge on any atom is 0.181 e. The second kappa shape index (κ2) is 4.72. The fraction of sp³-hybridized carbons (Fsp3) is 0.0667. The monoisotopic (exact) mass is 259 g/mol. The molecule has 1 N–H and O–H groups in total. The number of benzene rings is 2. The predicted octanol–water partition coefficient (Wildman–Crippen LogP) is 4.32. The first-order valence-corrected chi connectivity index (χ1v) is 5.88. The number of para-hydroxylation sites is 1. The van der Waals surface area contributed by atoms with Crippen molar-refractivity contribution in [3.05, 3.63) is 65.9 Å². The van der Waals surface area contributed by atoms with Crippen molar-refractivity contribution in [2.75, 3.05) is 5.32 Å². The highest BCUT2D eigenvalue weighted by Gasteiger charge is 2.09. The van der Waals surface area contributed by atoms with Crippen LogP contribution in [0.25, 0.3) is 11.0 Å². The minimum absolute atomic E-state index is 0.144. The summed E-state index contributed by atoms with van der Waals surface area (Å²) in [7, 11) is 0. The molecule has 0 aliphatic rings. The number of anilines is 1. The molecule has 0 saturated heterocycles. The molecule has 0 radical (unpaired) electrons. The van der Waals surface area contributed by atoms with E-state index in [1.54, 1.807) is 6.26 Å². The Labute approximate surface area is 108 Å². The number of furan rings is 1. The van der Waals surface area contributed by atoms with Gasteiger partial charge in [0.25, 0.3) is 0 Å². The zero-order chi connectivity index (χ0) is 13.2. The third kappa shape index (κ3) is 2.17. The highest BCUT2D eigenvalue weighted by Crippen LogP contribution is 2.23. The fourth-order valence-corrected chi connectivity index (χ4v) is 2.00. The summed E-state index contributed by atoms with van der Waals surface area (Å²) in [6, 6.07) is 11.6. The van der Waals surface area contributed by atoms with Gasteiger partial charge in [-0.25, -0.2) is 8.78 Å². The highest BCUT2D eigenvalue weighted by molar-refractivity contribution is 5.81. The first kappa shape index (κ1) is 11.7. The molecule has 0 aliphatic heterocycles. The topological polar surface area (TPSA) is 25.2 Å². The lowest BCUT2D eigenvalue weighted by atomic mass is 10.2. The Morgan fingerprint density at radius 2 is 1.84 bits per heavy atom. The molecule has 1 aromatic heterocycles. The van der Waals surface area contributed by atoms with Crippen molar-refractivity contribution in [3.63, 3.8) is 0 Å². The molecule has 0 amide bonds. The Morgan fingerprint density at radius 3 is 2.74 bits per heavy atom. The first-order chi connectivity index (χ1) is 9.25. The van der Waals surface area contributed by atoms with Crippen LogP contribution in [0.2, 0.25) is 0 Å². The van der Waals surface area contributed by atoms with Gasteiger partial charge in [-0.15, -0.1) is 0 Å². The number of hydrogen-bond donors (Lipinski definition) is 1. The van der Waals surface area contributed by atoms with Gasteiger partial charge in [-0.3, -0.25) is 0 Å². The van der Waals surface area contributed by atoms with Crippen LogP contribution in [0, 0.1) is 11.6 Å². The maximum absolute atomic E-state index is 13.5. The second-order valence-corrected chi connectivity index (χ2v) is 4.21. The van der Waals surface area contributed by atoms with E-state index in [0.717, 1.165) is 22.6 Å². The number of hydrogen-bond acceptors (Lipinski definition) is 2. The molecule has 0 spiro atoms. The van der Waals surface area contributed by atoms with Gasteiger partial charge in [0.2, 0.25) is 0 Å². The fourth-order valence-electron chi connectivity index (χ4n) is 2.00. The lowest BCUT2D eigenvalue weighted by Gasteiger charge is -2.06. The number of halogens is 2. The van der Waals surface area contributed by atoms with E-state index in [-0.39, 0.29) is 5.69 Å². The summed E-state index contributed by atoms with van der Waals surface area (Å²) in [6.45, 7) is 0.372. The largest absolute Gasteiger partial charge is 0.464 e. The van der Waals surface area contributed by atoms with E-state index in [9.17, 15) is 8.78 Å². The van der Waals surface area contributed by atoms with Crippen molar-refractivity contribution >= 4 is 16.7 Å². The summed E-state index contributed by atoms with van der Waals surface area (Å²) in [5.41, 5.74) is 1.82. The van der Waals surface area contributed by atoms with Crippen LogP contribution in [0.1, 0.15) is 5.56 Å². The van der Waals surface area contributed by atoms with Gasteiger partial charge in [-0.1, -0.05) is 24.3 Å². The maximum atomic E-state index is 13.5. The number of rotatable bonds is 3. The summed E-state index contributed by atoms with van der Waals surface area (Å²) in [5.74, 6) is -1.72. The molecule has 2 aromatic carbocycles. The van der Waals surface area contributed by atoms with E-state index in [0.29, 0.717) is 6.54 Å². The van der Waals surface area contributed by atoms with E-state index in [1.807, 2.05) is 24.3 Å². The van der Waals surface area contributed by atoms with Crippen molar-refractivity contribution in [2.45, 2.75) is 6.54 Å². The van der Waals surface area contributed by atoms with Gasteiger partial charge in [0.05, 0.1) is 12.0 Å². The Hall–Kier alpha value is -2.36. The van der Waals surface area contributed by atoms with Crippen LogP contribution in [-0.2, 0) is 6.54 Å². The summed E-state index contributed by atoms with van der Waals surface area (Å²) in [6.07, 6.45) is 1.62. The Morgan fingerprint density at radius 1 is 1.00 bits per heavy atom. The molecule has 2 nitrogen and oxygen atoms in total. The van der Waals surface area contributed by atoms with Gasteiger partial charge in [0.15, 0.2) is 11.6 Å². The van der Waals surface area contributed by atoms with Crippen LogP contribution in [0.15, 0.2) is 53.1 Å². The Kier molecular flexibility index (Phi) is 2.91. The Bertz CT molecular complexity index is 721. The molecule has 19 heavy (non-hydrogen) atoms. The Balaban J connectivity index is 1.84. The van der Waals surface area contributed by atoms with Gasteiger partial charge in [-0.05, 0) is 18.2 Å². The third-order valence-corrected chi connectivity index (χ3v) is 2.98. The lowest BCUT2D eigenvalue weighted by Crippen LogP contribution is -2.02. The van der Waals surface area contributed by atoms with Crippen molar-refractivity contribution in [3.8, 4) is 0 Å². The SMILES string of the molecule is Fc1cccc(NCc2coc3ccccc23)c1F. The molecular weight excluding hydrogens is 248 g/mol. The molecule has 4 heteroatoms. The van der Waals surface area contributed by atoms with Gasteiger partial charge in [0.1, 0.15) is 5.58 Å². The van der Waals surface area contributed by atoms with Crippen LogP contribution in [0.5, 0.6) is 0 Å². The van der Waals surface area contributed by atoms with Crippen molar-refractivity contribution in [1.82, 2.24) is 0 Å². The molecule has 3 aromatic rings. The predicted molar refractivity (Wildman–Crippen MR) is 69.9 cm³/mol. The zero-order valence-electron chi connectivity index (χ0n) is 9.99. The van der Waals surface area contributed by atoms with Crippen LogP contribution in [0.3, 0.4) is 0 Å². The minimum Gasteiger partial charge on any atom is -0.464 e. The highest BCUT2D eigenvalue weighted by atomic mass is 19.2. The summed E-state index contributed by atoms with van der Waals surface area (Å²) in [4.78, 5) is 0. The average molecular weight is 259 g/mol. The summed E-state index contributed by atoms with van der Waals surface area (Å²) >= 11 is 0. The van der Waals surface area contributed by atoms with E-state index in [2.05, 4.69) is 5.32 Å². The lowest BCUT2D eigenvalue weighted by molar-refractivity contribution is 0.511. The molecule has 3 rings (SSSR count). The smallest absolute Gasteiger partial charge is 0.181 e. The van der Waals surface area contributed by atoms with Crippen molar-refractivity contribution in [1.29, 1.82) is 0 Å². The molecule has 0 atom stereocenters. The standard InChI is InChI=1S/C15H11F2NO/c16-12-5-3-6-13(15(12)17)18-8-10-9-19-14-7-2-1-4-11(10)14/h1-7,9,18H,8H2. The molecule has 0 aliphatic carbocycles. The average Bonchev–Trinajstić information content (AvgIpc) is 2.84. The van der Waals surface area contributed by atoms with Crippen LogP contribution < -0.4 is 5.32 Å². The summed E-state index contributed by atoms with van der Waals surface area (Å²) < 4.78 is 31.9. The van der Waals surface area contributed by atoms with E-state index in [1.165, 1.54) is 12.1 Å². The van der Waals surface area contributed by atoms with E-state index < -0.39 is 11.6 Å². The molecule has 0 bridgehead atoms. The van der Waals surface area contributed by atoms with Gasteiger partial charge < -0.3 is 9.73 Å². The van der Waals surface area contributed by atoms with Crippen LogP contribution in [0.4, 0.5) is 14.5 Å². The van der Waals surface area contributed by atoms with Crippen molar-refractivity contribution < 1.29 is 13.2 Å². The number of nitrogens with one attached hydrogen (secondary N) is 1. The molecule has 0 fully saturated rings. The molecule has 0 unspecified atom stereocenters. The number of fused-ring (bicyclic) bond motifs is 1. The van der Waals surface area contributed by atoms with E-state index in [4.69, 9.17) is 4.42 Å². The summed E-state index contributed by atoms with van der Waals surface area (Å²) in [5, 5.41) is 3.84. The minimum atomic E-state index is -0.865. The van der Waals surface area contributed by atoms with Gasteiger partial charge in [0, 0.05) is 17.5 Å².